The Balaban J connectivity index is 2.92. The van der Waals surface area contributed by atoms with E-state index in [2.05, 4.69) is 6.92 Å². The number of aliphatic carboxylic acids is 1. The minimum atomic E-state index is -1.08. The van der Waals surface area contributed by atoms with E-state index in [1.54, 1.807) is 24.3 Å². The molecular weight excluding hydrogens is 216 g/mol. The molecule has 2 N–H and O–H groups in total. The molecule has 0 radical (unpaired) electrons. The van der Waals surface area contributed by atoms with Gasteiger partial charge >= 0.3 is 5.97 Å². The largest absolute Gasteiger partial charge is 0.511 e. The van der Waals surface area contributed by atoms with Crippen LogP contribution in [0.4, 0.5) is 0 Å². The van der Waals surface area contributed by atoms with E-state index in [9.17, 15) is 9.90 Å². The van der Waals surface area contributed by atoms with Crippen LogP contribution < -0.4 is 0 Å². The highest BCUT2D eigenvalue weighted by atomic mass is 16.4. The second kappa shape index (κ2) is 6.74. The van der Waals surface area contributed by atoms with E-state index in [4.69, 9.17) is 5.11 Å². The zero-order chi connectivity index (χ0) is 12.7. The van der Waals surface area contributed by atoms with Gasteiger partial charge in [0.25, 0.3) is 0 Å². The maximum Gasteiger partial charge on any atom is 0.339 e. The second-order valence-electron chi connectivity index (χ2n) is 3.95. The molecule has 3 heteroatoms. The van der Waals surface area contributed by atoms with Crippen molar-refractivity contribution in [1.82, 2.24) is 0 Å². The number of carboxylic acid groups (broad SMARTS) is 1. The predicted molar refractivity (Wildman–Crippen MR) is 67.8 cm³/mol. The highest BCUT2D eigenvalue weighted by molar-refractivity contribution is 6.15. The summed E-state index contributed by atoms with van der Waals surface area (Å²) in [7, 11) is 0. The summed E-state index contributed by atoms with van der Waals surface area (Å²) in [5.74, 6) is -1.11. The van der Waals surface area contributed by atoms with Crippen molar-refractivity contribution >= 4 is 11.5 Å². The summed E-state index contributed by atoms with van der Waals surface area (Å²) >= 11 is 0. The monoisotopic (exact) mass is 234 g/mol. The molecule has 17 heavy (non-hydrogen) atoms. The first-order chi connectivity index (χ1) is 8.16. The SMILES string of the molecule is CCCCCC(O)=C(C(=O)O)c1ccccc1. The van der Waals surface area contributed by atoms with Crippen molar-refractivity contribution in [2.75, 3.05) is 0 Å². The van der Waals surface area contributed by atoms with Gasteiger partial charge in [-0.15, -0.1) is 0 Å². The zero-order valence-corrected chi connectivity index (χ0v) is 10.0. The van der Waals surface area contributed by atoms with E-state index in [0.29, 0.717) is 12.0 Å². The molecule has 0 atom stereocenters. The number of hydrogen-bond donors (Lipinski definition) is 2. The Labute approximate surface area is 101 Å². The topological polar surface area (TPSA) is 57.5 Å². The number of rotatable bonds is 6. The summed E-state index contributed by atoms with van der Waals surface area (Å²) in [6, 6.07) is 8.73. The molecule has 0 aliphatic rings. The lowest BCUT2D eigenvalue weighted by Gasteiger charge is -2.07. The Morgan fingerprint density at radius 3 is 2.29 bits per heavy atom. The summed E-state index contributed by atoms with van der Waals surface area (Å²) in [4.78, 5) is 11.2. The molecule has 1 aromatic rings. The van der Waals surface area contributed by atoms with E-state index >= 15 is 0 Å². The molecule has 0 saturated heterocycles. The number of carboxylic acids is 1. The lowest BCUT2D eigenvalue weighted by Crippen LogP contribution is -2.04. The van der Waals surface area contributed by atoms with Gasteiger partial charge in [0.2, 0.25) is 0 Å². The van der Waals surface area contributed by atoms with Crippen LogP contribution in [0, 0.1) is 0 Å². The smallest absolute Gasteiger partial charge is 0.339 e. The van der Waals surface area contributed by atoms with Crippen LogP contribution in [0.2, 0.25) is 0 Å². The molecule has 1 aromatic carbocycles. The summed E-state index contributed by atoms with van der Waals surface area (Å²) in [6.45, 7) is 2.07. The van der Waals surface area contributed by atoms with Crippen molar-refractivity contribution in [3.8, 4) is 0 Å². The molecule has 0 fully saturated rings. The van der Waals surface area contributed by atoms with Crippen LogP contribution in [0.15, 0.2) is 36.1 Å². The first kappa shape index (κ1) is 13.3. The first-order valence-corrected chi connectivity index (χ1v) is 5.87. The molecule has 0 unspecified atom stereocenters. The Morgan fingerprint density at radius 1 is 1.12 bits per heavy atom. The molecule has 0 saturated carbocycles. The van der Waals surface area contributed by atoms with Crippen LogP contribution in [0.25, 0.3) is 5.57 Å². The minimum absolute atomic E-state index is 0.0155. The third-order valence-corrected chi connectivity index (χ3v) is 2.58. The van der Waals surface area contributed by atoms with Gasteiger partial charge in [0, 0.05) is 6.42 Å². The van der Waals surface area contributed by atoms with E-state index in [1.807, 2.05) is 6.07 Å². The molecule has 0 aliphatic heterocycles. The standard InChI is InChI=1S/C14H18O3/c1-2-3-5-10-12(15)13(14(16)17)11-8-6-4-7-9-11/h4,6-9,15H,2-3,5,10H2,1H3,(H,16,17). The van der Waals surface area contributed by atoms with Gasteiger partial charge in [-0.1, -0.05) is 50.1 Å². The van der Waals surface area contributed by atoms with Crippen LogP contribution >= 0.6 is 0 Å². The van der Waals surface area contributed by atoms with Crippen LogP contribution in [0.1, 0.15) is 38.2 Å². The summed E-state index contributed by atoms with van der Waals surface area (Å²) in [5.41, 5.74) is 0.565. The molecule has 92 valence electrons. The summed E-state index contributed by atoms with van der Waals surface area (Å²) in [5, 5.41) is 19.0. The van der Waals surface area contributed by atoms with Crippen LogP contribution in [0.3, 0.4) is 0 Å². The van der Waals surface area contributed by atoms with Gasteiger partial charge in [-0.05, 0) is 12.0 Å². The number of aliphatic hydroxyl groups is 1. The zero-order valence-electron chi connectivity index (χ0n) is 10.0. The molecule has 0 spiro atoms. The number of hydrogen-bond acceptors (Lipinski definition) is 2. The highest BCUT2D eigenvalue weighted by Gasteiger charge is 2.15. The van der Waals surface area contributed by atoms with Gasteiger partial charge in [-0.3, -0.25) is 0 Å². The fourth-order valence-electron chi connectivity index (χ4n) is 1.69. The van der Waals surface area contributed by atoms with E-state index in [1.165, 1.54) is 0 Å². The minimum Gasteiger partial charge on any atom is -0.511 e. The van der Waals surface area contributed by atoms with E-state index in [-0.39, 0.29) is 11.3 Å². The Morgan fingerprint density at radius 2 is 1.76 bits per heavy atom. The maximum absolute atomic E-state index is 11.2. The van der Waals surface area contributed by atoms with Crippen LogP contribution in [-0.2, 0) is 4.79 Å². The Hall–Kier alpha value is -1.77. The van der Waals surface area contributed by atoms with Crippen LogP contribution in [-0.4, -0.2) is 16.2 Å². The van der Waals surface area contributed by atoms with Crippen LogP contribution in [0.5, 0.6) is 0 Å². The average molecular weight is 234 g/mol. The molecule has 0 aromatic heterocycles. The Bertz CT molecular complexity index is 393. The van der Waals surface area contributed by atoms with E-state index < -0.39 is 5.97 Å². The number of allylic oxidation sites excluding steroid dienone is 1. The lowest BCUT2D eigenvalue weighted by molar-refractivity contribution is -0.130. The molecule has 1 rings (SSSR count). The van der Waals surface area contributed by atoms with Crippen molar-refractivity contribution in [2.45, 2.75) is 32.6 Å². The normalized spacial score (nSPS) is 12.1. The molecule has 0 aliphatic carbocycles. The Kier molecular flexibility index (Phi) is 5.27. The fourth-order valence-corrected chi connectivity index (χ4v) is 1.69. The lowest BCUT2D eigenvalue weighted by atomic mass is 10.0. The molecular formula is C14H18O3. The van der Waals surface area contributed by atoms with E-state index in [0.717, 1.165) is 19.3 Å². The molecule has 0 bridgehead atoms. The summed E-state index contributed by atoms with van der Waals surface area (Å²) in [6.07, 6.45) is 3.27. The van der Waals surface area contributed by atoms with Crippen molar-refractivity contribution in [1.29, 1.82) is 0 Å². The predicted octanol–water partition coefficient (Wildman–Crippen LogP) is 3.62. The number of benzene rings is 1. The molecule has 0 heterocycles. The highest BCUT2D eigenvalue weighted by Crippen LogP contribution is 2.21. The van der Waals surface area contributed by atoms with Crippen molar-refractivity contribution < 1.29 is 15.0 Å². The van der Waals surface area contributed by atoms with Gasteiger partial charge in [0.15, 0.2) is 0 Å². The molecule has 3 nitrogen and oxygen atoms in total. The van der Waals surface area contributed by atoms with Gasteiger partial charge in [-0.25, -0.2) is 4.79 Å². The average Bonchev–Trinajstić information content (AvgIpc) is 2.30. The fraction of sp³-hybridized carbons (Fsp3) is 0.357. The maximum atomic E-state index is 11.2. The second-order valence-corrected chi connectivity index (χ2v) is 3.95. The number of unbranched alkanes of at least 4 members (excludes halogenated alkanes) is 2. The third-order valence-electron chi connectivity index (χ3n) is 2.58. The van der Waals surface area contributed by atoms with Crippen molar-refractivity contribution in [2.24, 2.45) is 0 Å². The molecule has 0 amide bonds. The van der Waals surface area contributed by atoms with Crippen molar-refractivity contribution in [3.63, 3.8) is 0 Å². The quantitative estimate of drug-likeness (QED) is 0.449. The van der Waals surface area contributed by atoms with Gasteiger partial charge in [0.05, 0.1) is 0 Å². The number of carbonyl (C=O) groups is 1. The third kappa shape index (κ3) is 3.94. The summed E-state index contributed by atoms with van der Waals surface area (Å²) < 4.78 is 0. The van der Waals surface area contributed by atoms with Crippen molar-refractivity contribution in [3.05, 3.63) is 41.7 Å². The van der Waals surface area contributed by atoms with Gasteiger partial charge in [0.1, 0.15) is 11.3 Å². The van der Waals surface area contributed by atoms with Gasteiger partial charge < -0.3 is 10.2 Å². The first-order valence-electron chi connectivity index (χ1n) is 5.87. The number of aliphatic hydroxyl groups excluding tert-OH is 1. The van der Waals surface area contributed by atoms with Gasteiger partial charge in [-0.2, -0.15) is 0 Å².